The Hall–Kier alpha value is -1.04. The van der Waals surface area contributed by atoms with E-state index in [1.54, 1.807) is 14.2 Å². The molecule has 5 heteroatoms. The van der Waals surface area contributed by atoms with Gasteiger partial charge in [0.15, 0.2) is 11.5 Å². The van der Waals surface area contributed by atoms with Crippen molar-refractivity contribution in [3.05, 3.63) is 56.5 Å². The summed E-state index contributed by atoms with van der Waals surface area (Å²) in [5.74, 6) is 1.45. The lowest BCUT2D eigenvalue weighted by atomic mass is 9.98. The van der Waals surface area contributed by atoms with E-state index in [-0.39, 0.29) is 6.04 Å². The van der Waals surface area contributed by atoms with Crippen molar-refractivity contribution < 1.29 is 9.47 Å². The lowest BCUT2D eigenvalue weighted by molar-refractivity contribution is 0.354. The normalized spacial score (nSPS) is 12.0. The molecule has 112 valence electrons. The maximum Gasteiger partial charge on any atom is 0.161 e. The molecule has 0 saturated heterocycles. The minimum absolute atomic E-state index is 0.0623. The number of nitrogens with one attached hydrogen (secondary N) is 1. The zero-order valence-corrected chi connectivity index (χ0v) is 15.3. The number of methoxy groups -OCH3 is 2. The van der Waals surface area contributed by atoms with Gasteiger partial charge >= 0.3 is 0 Å². The van der Waals surface area contributed by atoms with Crippen LogP contribution in [-0.4, -0.2) is 21.3 Å². The lowest BCUT2D eigenvalue weighted by Crippen LogP contribution is -2.18. The summed E-state index contributed by atoms with van der Waals surface area (Å²) in [6.45, 7) is 0. The van der Waals surface area contributed by atoms with Gasteiger partial charge in [0.2, 0.25) is 0 Å². The first kappa shape index (κ1) is 16.3. The van der Waals surface area contributed by atoms with Gasteiger partial charge in [0.25, 0.3) is 0 Å². The average molecular weight is 415 g/mol. The van der Waals surface area contributed by atoms with Crippen LogP contribution in [0.25, 0.3) is 0 Å². The molecular formula is C16H17Br2NO2. The van der Waals surface area contributed by atoms with Gasteiger partial charge in [-0.05, 0) is 42.4 Å². The first-order valence-corrected chi connectivity index (χ1v) is 8.03. The molecule has 0 aliphatic carbocycles. The number of hydrogen-bond donors (Lipinski definition) is 1. The van der Waals surface area contributed by atoms with Crippen molar-refractivity contribution in [1.82, 2.24) is 5.32 Å². The average Bonchev–Trinajstić information content (AvgIpc) is 2.49. The van der Waals surface area contributed by atoms with Gasteiger partial charge < -0.3 is 14.8 Å². The van der Waals surface area contributed by atoms with Crippen molar-refractivity contribution in [3.63, 3.8) is 0 Å². The fourth-order valence-corrected chi connectivity index (χ4v) is 3.55. The summed E-state index contributed by atoms with van der Waals surface area (Å²) in [5.41, 5.74) is 2.27. The highest BCUT2D eigenvalue weighted by Gasteiger charge is 2.17. The lowest BCUT2D eigenvalue weighted by Gasteiger charge is -2.20. The maximum absolute atomic E-state index is 5.38. The van der Waals surface area contributed by atoms with E-state index in [1.807, 2.05) is 37.4 Å². The quantitative estimate of drug-likeness (QED) is 0.779. The topological polar surface area (TPSA) is 30.5 Å². The van der Waals surface area contributed by atoms with Crippen LogP contribution in [-0.2, 0) is 0 Å². The number of ether oxygens (including phenoxy) is 2. The van der Waals surface area contributed by atoms with E-state index in [4.69, 9.17) is 9.47 Å². The molecule has 0 aliphatic rings. The summed E-state index contributed by atoms with van der Waals surface area (Å²) in [6, 6.07) is 12.2. The molecule has 21 heavy (non-hydrogen) atoms. The molecule has 2 rings (SSSR count). The van der Waals surface area contributed by atoms with Gasteiger partial charge in [-0.2, -0.15) is 0 Å². The van der Waals surface area contributed by atoms with Gasteiger partial charge in [-0.1, -0.05) is 44.0 Å². The highest BCUT2D eigenvalue weighted by atomic mass is 79.9. The van der Waals surface area contributed by atoms with Crippen LogP contribution in [0.1, 0.15) is 17.2 Å². The summed E-state index contributed by atoms with van der Waals surface area (Å²) in [5, 5.41) is 3.34. The van der Waals surface area contributed by atoms with Crippen LogP contribution in [0.4, 0.5) is 0 Å². The van der Waals surface area contributed by atoms with Gasteiger partial charge in [-0.25, -0.2) is 0 Å². The molecule has 0 fully saturated rings. The van der Waals surface area contributed by atoms with Crippen LogP contribution in [0.3, 0.4) is 0 Å². The summed E-state index contributed by atoms with van der Waals surface area (Å²) >= 11 is 7.10. The molecule has 1 atom stereocenters. The summed E-state index contributed by atoms with van der Waals surface area (Å²) < 4.78 is 12.8. The van der Waals surface area contributed by atoms with E-state index in [0.717, 1.165) is 31.6 Å². The SMILES string of the molecule is CNC(c1ccc(OC)c(OC)c1)c1ccc(Br)cc1Br. The smallest absolute Gasteiger partial charge is 0.161 e. The van der Waals surface area contributed by atoms with E-state index in [9.17, 15) is 0 Å². The Bertz CT molecular complexity index is 632. The van der Waals surface area contributed by atoms with Crippen LogP contribution < -0.4 is 14.8 Å². The number of halogens is 2. The Morgan fingerprint density at radius 2 is 1.67 bits per heavy atom. The van der Waals surface area contributed by atoms with Gasteiger partial charge in [0.05, 0.1) is 20.3 Å². The minimum Gasteiger partial charge on any atom is -0.493 e. The molecule has 0 spiro atoms. The van der Waals surface area contributed by atoms with Gasteiger partial charge in [0, 0.05) is 8.95 Å². The zero-order valence-electron chi connectivity index (χ0n) is 12.1. The van der Waals surface area contributed by atoms with E-state index in [2.05, 4.69) is 43.2 Å². The molecule has 3 nitrogen and oxygen atoms in total. The van der Waals surface area contributed by atoms with E-state index in [0.29, 0.717) is 0 Å². The number of benzene rings is 2. The molecule has 0 amide bonds. The van der Waals surface area contributed by atoms with Crippen LogP contribution in [0.5, 0.6) is 11.5 Å². The largest absolute Gasteiger partial charge is 0.493 e. The standard InChI is InChI=1S/C16H17Br2NO2/c1-19-16(12-6-5-11(17)9-13(12)18)10-4-7-14(20-2)15(8-10)21-3/h4-9,16,19H,1-3H3. The Labute approximate surface area is 141 Å². The van der Waals surface area contributed by atoms with Crippen molar-refractivity contribution in [3.8, 4) is 11.5 Å². The fraction of sp³-hybridized carbons (Fsp3) is 0.250. The molecule has 0 aliphatic heterocycles. The second-order valence-corrected chi connectivity index (χ2v) is 6.27. The van der Waals surface area contributed by atoms with Gasteiger partial charge in [-0.3, -0.25) is 0 Å². The number of rotatable bonds is 5. The Kier molecular flexibility index (Phi) is 5.67. The first-order chi connectivity index (χ1) is 10.1. The Morgan fingerprint density at radius 1 is 0.952 bits per heavy atom. The maximum atomic E-state index is 5.38. The van der Waals surface area contributed by atoms with Crippen molar-refractivity contribution in [2.24, 2.45) is 0 Å². The van der Waals surface area contributed by atoms with Crippen LogP contribution in [0, 0.1) is 0 Å². The molecule has 0 bridgehead atoms. The van der Waals surface area contributed by atoms with Crippen LogP contribution >= 0.6 is 31.9 Å². The number of hydrogen-bond acceptors (Lipinski definition) is 3. The van der Waals surface area contributed by atoms with E-state index >= 15 is 0 Å². The van der Waals surface area contributed by atoms with Crippen molar-refractivity contribution in [1.29, 1.82) is 0 Å². The van der Waals surface area contributed by atoms with Crippen molar-refractivity contribution in [2.45, 2.75) is 6.04 Å². The first-order valence-electron chi connectivity index (χ1n) is 6.44. The second kappa shape index (κ2) is 7.29. The molecular weight excluding hydrogens is 398 g/mol. The third-order valence-corrected chi connectivity index (χ3v) is 4.48. The van der Waals surface area contributed by atoms with Crippen molar-refractivity contribution in [2.75, 3.05) is 21.3 Å². The molecule has 1 unspecified atom stereocenters. The van der Waals surface area contributed by atoms with Gasteiger partial charge in [0.1, 0.15) is 0 Å². The summed E-state index contributed by atoms with van der Waals surface area (Å²) in [6.07, 6.45) is 0. The fourth-order valence-electron chi connectivity index (χ4n) is 2.27. The highest BCUT2D eigenvalue weighted by Crippen LogP contribution is 2.35. The highest BCUT2D eigenvalue weighted by molar-refractivity contribution is 9.11. The van der Waals surface area contributed by atoms with Gasteiger partial charge in [-0.15, -0.1) is 0 Å². The molecule has 0 radical (unpaired) electrons. The van der Waals surface area contributed by atoms with Crippen LogP contribution in [0.2, 0.25) is 0 Å². The zero-order chi connectivity index (χ0) is 15.4. The second-order valence-electron chi connectivity index (χ2n) is 4.50. The monoisotopic (exact) mass is 413 g/mol. The Balaban J connectivity index is 2.46. The predicted molar refractivity (Wildman–Crippen MR) is 92.3 cm³/mol. The molecule has 1 N–H and O–H groups in total. The third kappa shape index (κ3) is 3.59. The molecule has 0 heterocycles. The predicted octanol–water partition coefficient (Wildman–Crippen LogP) is 4.54. The Morgan fingerprint density at radius 3 is 2.24 bits per heavy atom. The molecule has 0 saturated carbocycles. The molecule has 0 aromatic heterocycles. The third-order valence-electron chi connectivity index (χ3n) is 3.30. The minimum atomic E-state index is 0.0623. The summed E-state index contributed by atoms with van der Waals surface area (Å²) in [4.78, 5) is 0. The van der Waals surface area contributed by atoms with E-state index < -0.39 is 0 Å². The summed E-state index contributed by atoms with van der Waals surface area (Å²) in [7, 11) is 5.22. The van der Waals surface area contributed by atoms with Crippen molar-refractivity contribution >= 4 is 31.9 Å². The van der Waals surface area contributed by atoms with E-state index in [1.165, 1.54) is 0 Å². The molecule has 2 aromatic carbocycles. The van der Waals surface area contributed by atoms with Crippen LogP contribution in [0.15, 0.2) is 45.3 Å². The molecule has 2 aromatic rings.